The van der Waals surface area contributed by atoms with Crippen molar-refractivity contribution in [2.45, 2.75) is 26.5 Å². The zero-order valence-electron chi connectivity index (χ0n) is 15.5. The van der Waals surface area contributed by atoms with Gasteiger partial charge < -0.3 is 14.8 Å². The normalized spacial score (nSPS) is 12.2. The number of carbonyl (C=O) groups is 1. The zero-order chi connectivity index (χ0) is 20.5. The summed E-state index contributed by atoms with van der Waals surface area (Å²) >= 11 is 0. The Labute approximate surface area is 162 Å². The zero-order valence-corrected chi connectivity index (χ0v) is 15.5. The molecular weight excluding hydrogens is 366 g/mol. The minimum Gasteiger partial charge on any atom is -0.490 e. The van der Waals surface area contributed by atoms with Gasteiger partial charge in [0.25, 0.3) is 5.91 Å². The molecule has 0 heterocycles. The number of nitriles is 1. The lowest BCUT2D eigenvalue weighted by Crippen LogP contribution is -2.27. The van der Waals surface area contributed by atoms with E-state index in [9.17, 15) is 18.8 Å². The predicted molar refractivity (Wildman–Crippen MR) is 101 cm³/mol. The summed E-state index contributed by atoms with van der Waals surface area (Å²) in [7, 11) is 0. The number of halogens is 2. The molecule has 0 saturated carbocycles. The van der Waals surface area contributed by atoms with Crippen molar-refractivity contribution < 1.29 is 23.0 Å². The Hall–Kier alpha value is -3.40. The summed E-state index contributed by atoms with van der Waals surface area (Å²) in [4.78, 5) is 12.4. The summed E-state index contributed by atoms with van der Waals surface area (Å²) in [5.41, 5.74) is 1.23. The highest BCUT2D eigenvalue weighted by Gasteiger charge is 2.15. The van der Waals surface area contributed by atoms with E-state index in [1.165, 1.54) is 24.3 Å². The third-order valence-corrected chi connectivity index (χ3v) is 3.81. The highest BCUT2D eigenvalue weighted by molar-refractivity contribution is 6.01. The number of hydrogen-bond donors (Lipinski definition) is 1. The summed E-state index contributed by atoms with van der Waals surface area (Å²) in [5, 5.41) is 12.1. The number of amides is 1. The summed E-state index contributed by atoms with van der Waals surface area (Å²) < 4.78 is 34.7. The number of rotatable bonds is 8. The van der Waals surface area contributed by atoms with E-state index in [2.05, 4.69) is 10.1 Å². The van der Waals surface area contributed by atoms with Gasteiger partial charge in [0.15, 0.2) is 11.5 Å². The number of carbonyl (C=O) groups excluding carboxylic acids is 1. The van der Waals surface area contributed by atoms with Crippen molar-refractivity contribution in [2.75, 3.05) is 6.61 Å². The van der Waals surface area contributed by atoms with E-state index < -0.39 is 12.5 Å². The maximum Gasteiger partial charge on any atom is 0.387 e. The summed E-state index contributed by atoms with van der Waals surface area (Å²) in [6, 6.07) is 15.1. The number of nitrogens with zero attached hydrogens (tertiary/aromatic N) is 1. The van der Waals surface area contributed by atoms with Gasteiger partial charge in [-0.05, 0) is 43.2 Å². The third-order valence-electron chi connectivity index (χ3n) is 3.81. The molecule has 0 fully saturated rings. The van der Waals surface area contributed by atoms with Crippen molar-refractivity contribution in [3.8, 4) is 17.6 Å². The van der Waals surface area contributed by atoms with Crippen molar-refractivity contribution >= 4 is 12.0 Å². The average molecular weight is 386 g/mol. The molecule has 0 radical (unpaired) electrons. The van der Waals surface area contributed by atoms with Crippen LogP contribution in [0, 0.1) is 11.3 Å². The van der Waals surface area contributed by atoms with E-state index in [1.54, 1.807) is 6.92 Å². The van der Waals surface area contributed by atoms with Crippen LogP contribution in [-0.2, 0) is 4.79 Å². The Morgan fingerprint density at radius 2 is 1.93 bits per heavy atom. The van der Waals surface area contributed by atoms with Gasteiger partial charge in [-0.3, -0.25) is 4.79 Å². The lowest BCUT2D eigenvalue weighted by atomic mass is 10.1. The van der Waals surface area contributed by atoms with Gasteiger partial charge in [0.05, 0.1) is 12.6 Å². The van der Waals surface area contributed by atoms with Gasteiger partial charge in [0, 0.05) is 0 Å². The van der Waals surface area contributed by atoms with Crippen LogP contribution in [0.25, 0.3) is 6.08 Å². The molecule has 146 valence electrons. The van der Waals surface area contributed by atoms with E-state index in [1.807, 2.05) is 43.3 Å². The molecule has 2 aromatic carbocycles. The minimum absolute atomic E-state index is 0.104. The SMILES string of the molecule is CCOc1cc(/C=C(\C#N)C(=O)N[C@H](C)c2ccccc2)ccc1OC(F)F. The van der Waals surface area contributed by atoms with Crippen LogP contribution in [0.3, 0.4) is 0 Å². The molecule has 28 heavy (non-hydrogen) atoms. The van der Waals surface area contributed by atoms with Gasteiger partial charge in [-0.1, -0.05) is 36.4 Å². The van der Waals surface area contributed by atoms with Crippen LogP contribution < -0.4 is 14.8 Å². The smallest absolute Gasteiger partial charge is 0.387 e. The molecule has 1 amide bonds. The quantitative estimate of drug-likeness (QED) is 0.537. The van der Waals surface area contributed by atoms with Gasteiger partial charge >= 0.3 is 6.61 Å². The fourth-order valence-electron chi connectivity index (χ4n) is 2.49. The number of hydrogen-bond acceptors (Lipinski definition) is 4. The average Bonchev–Trinajstić information content (AvgIpc) is 2.68. The Bertz CT molecular complexity index is 877. The second kappa shape index (κ2) is 10.1. The predicted octanol–water partition coefficient (Wildman–Crippen LogP) is 4.47. The Balaban J connectivity index is 2.22. The summed E-state index contributed by atoms with van der Waals surface area (Å²) in [6.07, 6.45) is 1.36. The topological polar surface area (TPSA) is 71.3 Å². The number of nitrogens with one attached hydrogen (secondary N) is 1. The molecule has 0 saturated heterocycles. The second-order valence-corrected chi connectivity index (χ2v) is 5.79. The van der Waals surface area contributed by atoms with Crippen LogP contribution in [0.4, 0.5) is 8.78 Å². The molecule has 0 aliphatic heterocycles. The van der Waals surface area contributed by atoms with E-state index in [4.69, 9.17) is 4.74 Å². The number of benzene rings is 2. The van der Waals surface area contributed by atoms with E-state index >= 15 is 0 Å². The molecule has 0 aliphatic rings. The van der Waals surface area contributed by atoms with Gasteiger partial charge in [0.2, 0.25) is 0 Å². The molecule has 0 spiro atoms. The van der Waals surface area contributed by atoms with Crippen molar-refractivity contribution in [1.29, 1.82) is 5.26 Å². The molecule has 0 aromatic heterocycles. The van der Waals surface area contributed by atoms with Crippen LogP contribution in [0.2, 0.25) is 0 Å². The van der Waals surface area contributed by atoms with Crippen LogP contribution >= 0.6 is 0 Å². The summed E-state index contributed by atoms with van der Waals surface area (Å²) in [6.45, 7) is 0.771. The fourth-order valence-corrected chi connectivity index (χ4v) is 2.49. The first-order valence-electron chi connectivity index (χ1n) is 8.63. The largest absolute Gasteiger partial charge is 0.490 e. The molecule has 5 nitrogen and oxygen atoms in total. The Morgan fingerprint density at radius 1 is 1.21 bits per heavy atom. The van der Waals surface area contributed by atoms with Crippen molar-refractivity contribution in [1.82, 2.24) is 5.32 Å². The monoisotopic (exact) mass is 386 g/mol. The number of ether oxygens (including phenoxy) is 2. The van der Waals surface area contributed by atoms with Crippen LogP contribution in [0.5, 0.6) is 11.5 Å². The molecule has 0 aliphatic carbocycles. The van der Waals surface area contributed by atoms with Gasteiger partial charge in [-0.15, -0.1) is 0 Å². The standard InChI is InChI=1S/C21H20F2N2O3/c1-3-27-19-12-15(9-10-18(19)28-21(22)23)11-17(13-24)20(26)25-14(2)16-7-5-4-6-8-16/h4-12,14,21H,3H2,1-2H3,(H,25,26)/b17-11+/t14-/m1/s1. The van der Waals surface area contributed by atoms with E-state index in [-0.39, 0.29) is 29.7 Å². The lowest BCUT2D eigenvalue weighted by molar-refractivity contribution is -0.117. The molecule has 1 N–H and O–H groups in total. The first-order chi connectivity index (χ1) is 13.4. The van der Waals surface area contributed by atoms with Gasteiger partial charge in [0.1, 0.15) is 11.6 Å². The van der Waals surface area contributed by atoms with E-state index in [0.717, 1.165) is 5.56 Å². The van der Waals surface area contributed by atoms with Crippen molar-refractivity contribution in [2.24, 2.45) is 0 Å². The highest BCUT2D eigenvalue weighted by atomic mass is 19.3. The number of alkyl halides is 2. The van der Waals surface area contributed by atoms with Crippen LogP contribution in [0.1, 0.15) is 31.0 Å². The van der Waals surface area contributed by atoms with Crippen molar-refractivity contribution in [3.63, 3.8) is 0 Å². The second-order valence-electron chi connectivity index (χ2n) is 5.79. The first-order valence-corrected chi connectivity index (χ1v) is 8.63. The van der Waals surface area contributed by atoms with E-state index in [0.29, 0.717) is 5.56 Å². The maximum absolute atomic E-state index is 12.5. The molecule has 0 bridgehead atoms. The molecule has 2 rings (SSSR count). The summed E-state index contributed by atoms with van der Waals surface area (Å²) in [5.74, 6) is -0.550. The minimum atomic E-state index is -2.99. The third kappa shape index (κ3) is 5.81. The highest BCUT2D eigenvalue weighted by Crippen LogP contribution is 2.30. The molecule has 0 unspecified atom stereocenters. The fraction of sp³-hybridized carbons (Fsp3) is 0.238. The molecular formula is C21H20F2N2O3. The van der Waals surface area contributed by atoms with Crippen LogP contribution in [0.15, 0.2) is 54.1 Å². The van der Waals surface area contributed by atoms with Gasteiger partial charge in [-0.25, -0.2) is 0 Å². The first kappa shape index (κ1) is 20.9. The molecule has 1 atom stereocenters. The lowest BCUT2D eigenvalue weighted by Gasteiger charge is -2.14. The molecule has 7 heteroatoms. The molecule has 2 aromatic rings. The Morgan fingerprint density at radius 3 is 2.54 bits per heavy atom. The van der Waals surface area contributed by atoms with Crippen molar-refractivity contribution in [3.05, 3.63) is 65.2 Å². The van der Waals surface area contributed by atoms with Crippen LogP contribution in [-0.4, -0.2) is 19.1 Å². The van der Waals surface area contributed by atoms with Gasteiger partial charge in [-0.2, -0.15) is 14.0 Å². The maximum atomic E-state index is 12.5. The Kier molecular flexibility index (Phi) is 7.52.